The Hall–Kier alpha value is -0.000519. The molecule has 0 aromatic rings. The standard InChI is InChI=1S/C6H7.Fe/c1-6-4-2-3-5-6;/h2,4H,3H2,1H3;/q-1;. The summed E-state index contributed by atoms with van der Waals surface area (Å²) >= 11 is 0. The molecule has 0 aromatic heterocycles. The van der Waals surface area contributed by atoms with Gasteiger partial charge in [-0.25, -0.2) is 11.6 Å². The third-order valence-corrected chi connectivity index (χ3v) is 0.867. The Labute approximate surface area is 54.8 Å². The van der Waals surface area contributed by atoms with Crippen molar-refractivity contribution in [2.45, 2.75) is 13.3 Å². The van der Waals surface area contributed by atoms with Crippen LogP contribution in [0.15, 0.2) is 17.7 Å². The van der Waals surface area contributed by atoms with E-state index in [4.69, 9.17) is 0 Å². The van der Waals surface area contributed by atoms with Crippen LogP contribution in [0.1, 0.15) is 13.3 Å². The third kappa shape index (κ3) is 1.96. The number of allylic oxidation sites excluding steroid dienone is 4. The Morgan fingerprint density at radius 2 is 2.43 bits per heavy atom. The second kappa shape index (κ2) is 3.06. The van der Waals surface area contributed by atoms with Gasteiger partial charge >= 0.3 is 0 Å². The predicted octanol–water partition coefficient (Wildman–Crippen LogP) is 1.69. The Bertz CT molecular complexity index is 98.0. The van der Waals surface area contributed by atoms with E-state index in [2.05, 4.69) is 25.2 Å². The molecule has 1 aliphatic carbocycles. The molecule has 0 atom stereocenters. The van der Waals surface area contributed by atoms with Crippen LogP contribution in [-0.4, -0.2) is 0 Å². The van der Waals surface area contributed by atoms with E-state index in [9.17, 15) is 0 Å². The molecule has 0 fully saturated rings. The molecule has 0 N–H and O–H groups in total. The van der Waals surface area contributed by atoms with Crippen LogP contribution >= 0.6 is 0 Å². The van der Waals surface area contributed by atoms with Crippen molar-refractivity contribution >= 4 is 0 Å². The molecule has 0 unspecified atom stereocenters. The molecule has 0 aliphatic heterocycles. The minimum atomic E-state index is 0. The summed E-state index contributed by atoms with van der Waals surface area (Å²) in [6.07, 6.45) is 8.33. The maximum atomic E-state index is 3.12. The van der Waals surface area contributed by atoms with Crippen molar-refractivity contribution in [1.82, 2.24) is 0 Å². The van der Waals surface area contributed by atoms with Gasteiger partial charge in [-0.05, 0) is 0 Å². The van der Waals surface area contributed by atoms with Gasteiger partial charge in [0.2, 0.25) is 0 Å². The predicted molar refractivity (Wildman–Crippen MR) is 26.2 cm³/mol. The first-order valence-electron chi connectivity index (χ1n) is 2.13. The van der Waals surface area contributed by atoms with Crippen LogP contribution in [0.4, 0.5) is 0 Å². The first-order valence-corrected chi connectivity index (χ1v) is 2.13. The molecule has 0 saturated heterocycles. The van der Waals surface area contributed by atoms with E-state index >= 15 is 0 Å². The van der Waals surface area contributed by atoms with Crippen LogP contribution in [0.3, 0.4) is 0 Å². The second-order valence-corrected chi connectivity index (χ2v) is 1.47. The van der Waals surface area contributed by atoms with Crippen molar-refractivity contribution in [3.05, 3.63) is 23.8 Å². The largest absolute Gasteiger partial charge is 0.270 e. The van der Waals surface area contributed by atoms with E-state index < -0.39 is 0 Å². The van der Waals surface area contributed by atoms with Gasteiger partial charge in [0, 0.05) is 17.1 Å². The van der Waals surface area contributed by atoms with E-state index in [0.29, 0.717) is 0 Å². The quantitative estimate of drug-likeness (QED) is 0.350. The van der Waals surface area contributed by atoms with Crippen LogP contribution in [0.5, 0.6) is 0 Å². The van der Waals surface area contributed by atoms with Crippen molar-refractivity contribution < 1.29 is 17.1 Å². The van der Waals surface area contributed by atoms with Crippen LogP contribution in [0.25, 0.3) is 0 Å². The van der Waals surface area contributed by atoms with Crippen molar-refractivity contribution in [3.8, 4) is 0 Å². The minimum absolute atomic E-state index is 0. The Morgan fingerprint density at radius 1 is 1.71 bits per heavy atom. The fourth-order valence-corrected chi connectivity index (χ4v) is 0.515. The summed E-state index contributed by atoms with van der Waals surface area (Å²) in [6, 6.07) is 0. The third-order valence-electron chi connectivity index (χ3n) is 0.867. The molecule has 40 valence electrons. The maximum Gasteiger partial charge on any atom is 0 e. The van der Waals surface area contributed by atoms with Crippen LogP contribution < -0.4 is 0 Å². The fourth-order valence-electron chi connectivity index (χ4n) is 0.515. The topological polar surface area (TPSA) is 0 Å². The molecule has 0 nitrogen and oxygen atoms in total. The van der Waals surface area contributed by atoms with Gasteiger partial charge in [0.05, 0.1) is 0 Å². The summed E-state index contributed by atoms with van der Waals surface area (Å²) in [4.78, 5) is 0. The maximum absolute atomic E-state index is 3.12. The molecule has 1 rings (SSSR count). The molecular formula is C6H7Fe-. The van der Waals surface area contributed by atoms with Gasteiger partial charge in [-0.2, -0.15) is 6.08 Å². The van der Waals surface area contributed by atoms with Crippen molar-refractivity contribution in [3.63, 3.8) is 0 Å². The van der Waals surface area contributed by atoms with E-state index in [-0.39, 0.29) is 17.1 Å². The van der Waals surface area contributed by atoms with Gasteiger partial charge in [0.1, 0.15) is 0 Å². The fraction of sp³-hybridized carbons (Fsp3) is 0.333. The average Bonchev–Trinajstić information content (AvgIpc) is 1.86. The summed E-state index contributed by atoms with van der Waals surface area (Å²) in [5.41, 5.74) is 1.27. The van der Waals surface area contributed by atoms with E-state index in [1.54, 1.807) is 0 Å². The molecule has 0 amide bonds. The van der Waals surface area contributed by atoms with Crippen LogP contribution in [0.2, 0.25) is 0 Å². The molecule has 0 heterocycles. The smallest absolute Gasteiger partial charge is 0 e. The molecule has 0 aromatic carbocycles. The Morgan fingerprint density at radius 3 is 2.57 bits per heavy atom. The number of hydrogen-bond donors (Lipinski definition) is 0. The summed E-state index contributed by atoms with van der Waals surface area (Å²) < 4.78 is 0. The van der Waals surface area contributed by atoms with Crippen molar-refractivity contribution in [2.75, 3.05) is 0 Å². The Kier molecular flexibility index (Phi) is 3.06. The molecule has 1 heteroatoms. The zero-order valence-electron chi connectivity index (χ0n) is 4.22. The second-order valence-electron chi connectivity index (χ2n) is 1.47. The van der Waals surface area contributed by atoms with Crippen LogP contribution in [-0.2, 0) is 17.1 Å². The molecule has 0 radical (unpaired) electrons. The molecule has 0 spiro atoms. The molecule has 1 aliphatic rings. The van der Waals surface area contributed by atoms with E-state index in [0.717, 1.165) is 6.42 Å². The minimum Gasteiger partial charge on any atom is -0.270 e. The van der Waals surface area contributed by atoms with Gasteiger partial charge < -0.3 is 0 Å². The zero-order valence-corrected chi connectivity index (χ0v) is 5.32. The van der Waals surface area contributed by atoms with Gasteiger partial charge in [-0.15, -0.1) is 6.42 Å². The van der Waals surface area contributed by atoms with Crippen molar-refractivity contribution in [2.24, 2.45) is 0 Å². The number of hydrogen-bond acceptors (Lipinski definition) is 0. The monoisotopic (exact) mass is 135 g/mol. The molecular weight excluding hydrogens is 128 g/mol. The molecule has 0 bridgehead atoms. The van der Waals surface area contributed by atoms with Crippen LogP contribution in [0, 0.1) is 6.08 Å². The normalized spacial score (nSPS) is 15.9. The first kappa shape index (κ1) is 7.00. The molecule has 7 heavy (non-hydrogen) atoms. The summed E-state index contributed by atoms with van der Waals surface area (Å²) in [5.74, 6) is 0. The SMILES string of the molecule is CC1=[C-]CC=C1.[Fe]. The van der Waals surface area contributed by atoms with Gasteiger partial charge in [-0.3, -0.25) is 6.08 Å². The Balaban J connectivity index is 0.000000360. The van der Waals surface area contributed by atoms with Gasteiger partial charge in [0.25, 0.3) is 0 Å². The molecule has 0 saturated carbocycles. The first-order chi connectivity index (χ1) is 2.89. The van der Waals surface area contributed by atoms with Crippen molar-refractivity contribution in [1.29, 1.82) is 0 Å². The average molecular weight is 135 g/mol. The summed E-state index contributed by atoms with van der Waals surface area (Å²) in [5, 5.41) is 0. The van der Waals surface area contributed by atoms with Gasteiger partial charge in [-0.1, -0.05) is 6.92 Å². The zero-order chi connectivity index (χ0) is 4.41. The number of rotatable bonds is 0. The van der Waals surface area contributed by atoms with Gasteiger partial charge in [0.15, 0.2) is 0 Å². The van der Waals surface area contributed by atoms with E-state index in [1.165, 1.54) is 5.57 Å². The summed E-state index contributed by atoms with van der Waals surface area (Å²) in [6.45, 7) is 2.06. The van der Waals surface area contributed by atoms with E-state index in [1.807, 2.05) is 0 Å². The summed E-state index contributed by atoms with van der Waals surface area (Å²) in [7, 11) is 0.